The van der Waals surface area contributed by atoms with Crippen molar-refractivity contribution in [1.29, 1.82) is 0 Å². The van der Waals surface area contributed by atoms with Gasteiger partial charge >= 0.3 is 0 Å². The number of halogens is 1. The van der Waals surface area contributed by atoms with Gasteiger partial charge in [0.25, 0.3) is 17.5 Å². The van der Waals surface area contributed by atoms with Crippen molar-refractivity contribution in [3.05, 3.63) is 53.1 Å². The number of aryl methyl sites for hydroxylation is 1. The van der Waals surface area contributed by atoms with Crippen LogP contribution in [0.15, 0.2) is 42.5 Å². The van der Waals surface area contributed by atoms with Crippen molar-refractivity contribution in [3.8, 4) is 17.1 Å². The SMILES string of the molecule is COc1c2n(c3ccccc13)[C@@]1(O)C(=O)N(C)C(=O)[C@@]1(O)c1c-2n(C)c2ccc(Cl)cc12. The molecule has 2 aromatic heterocycles. The number of aliphatic hydroxyl groups is 2. The van der Waals surface area contributed by atoms with Gasteiger partial charge in [0.05, 0.1) is 18.3 Å². The summed E-state index contributed by atoms with van der Waals surface area (Å²) in [7, 11) is 4.54. The monoisotopic (exact) mass is 451 g/mol. The molecule has 4 heterocycles. The lowest BCUT2D eigenvalue weighted by Crippen LogP contribution is -2.58. The molecule has 8 nitrogen and oxygen atoms in total. The Bertz CT molecular complexity index is 1540. The number of rotatable bonds is 1. The van der Waals surface area contributed by atoms with E-state index in [-0.39, 0.29) is 5.56 Å². The number of likely N-dealkylation sites (N-methyl/N-ethyl adjacent to an activating group) is 1. The first kappa shape index (κ1) is 19.4. The van der Waals surface area contributed by atoms with E-state index in [0.29, 0.717) is 44.0 Å². The van der Waals surface area contributed by atoms with Gasteiger partial charge in [0.15, 0.2) is 5.75 Å². The number of methoxy groups -OCH3 is 1. The summed E-state index contributed by atoms with van der Waals surface area (Å²) in [4.78, 5) is 27.6. The van der Waals surface area contributed by atoms with Gasteiger partial charge in [-0.2, -0.15) is 0 Å². The number of aromatic nitrogens is 2. The Balaban J connectivity index is 1.96. The molecule has 0 unspecified atom stereocenters. The third-order valence-corrected chi connectivity index (χ3v) is 7.06. The molecule has 1 saturated heterocycles. The van der Waals surface area contributed by atoms with Crippen LogP contribution >= 0.6 is 11.6 Å². The maximum atomic E-state index is 13.4. The fourth-order valence-electron chi connectivity index (χ4n) is 5.44. The topological polar surface area (TPSA) is 96.9 Å². The van der Waals surface area contributed by atoms with Gasteiger partial charge in [-0.1, -0.05) is 23.7 Å². The summed E-state index contributed by atoms with van der Waals surface area (Å²) < 4.78 is 8.88. The lowest BCUT2D eigenvalue weighted by Gasteiger charge is -2.40. The van der Waals surface area contributed by atoms with Crippen LogP contribution < -0.4 is 4.74 Å². The van der Waals surface area contributed by atoms with E-state index in [2.05, 4.69) is 0 Å². The molecule has 0 saturated carbocycles. The molecule has 32 heavy (non-hydrogen) atoms. The molecular weight excluding hydrogens is 434 g/mol. The number of fused-ring (bicyclic) bond motifs is 10. The first-order valence-corrected chi connectivity index (χ1v) is 10.3. The fourth-order valence-corrected chi connectivity index (χ4v) is 5.61. The number of hydrogen-bond acceptors (Lipinski definition) is 5. The van der Waals surface area contributed by atoms with E-state index in [4.69, 9.17) is 16.3 Å². The number of carbonyl (C=O) groups is 2. The lowest BCUT2D eigenvalue weighted by atomic mass is 9.79. The average Bonchev–Trinajstić information content (AvgIpc) is 3.31. The van der Waals surface area contributed by atoms with Gasteiger partial charge in [-0.25, -0.2) is 0 Å². The van der Waals surface area contributed by atoms with Crippen LogP contribution in [0.25, 0.3) is 33.2 Å². The maximum absolute atomic E-state index is 13.4. The fraction of sp³-hybridized carbons (Fsp3) is 0.217. The standard InChI is InChI=1S/C23H18ClN3O5/c1-25-14-9-8-11(24)10-13(14)16-17(25)18-19(32-3)12-6-4-5-7-15(12)27(18)23(31)21(29)26(2)20(28)22(16,23)30/h4-10,30-31H,1-3H3/t22-,23+/m0/s1. The van der Waals surface area contributed by atoms with Crippen LogP contribution in [0.3, 0.4) is 0 Å². The van der Waals surface area contributed by atoms with E-state index >= 15 is 0 Å². The molecular formula is C23H18ClN3O5. The molecule has 9 heteroatoms. The van der Waals surface area contributed by atoms with Crippen LogP contribution in [0.1, 0.15) is 5.56 Å². The number of hydrogen-bond donors (Lipinski definition) is 2. The van der Waals surface area contributed by atoms with Gasteiger partial charge in [-0.05, 0) is 30.3 Å². The number of nitrogens with zero attached hydrogens (tertiary/aromatic N) is 3. The molecule has 2 amide bonds. The molecule has 2 N–H and O–H groups in total. The zero-order chi connectivity index (χ0) is 22.7. The molecule has 2 atom stereocenters. The number of amides is 2. The van der Waals surface area contributed by atoms with Crippen LogP contribution in [0.4, 0.5) is 0 Å². The maximum Gasteiger partial charge on any atom is 0.286 e. The number of imide groups is 1. The first-order chi connectivity index (χ1) is 15.2. The molecule has 0 bridgehead atoms. The Kier molecular flexibility index (Phi) is 3.46. The molecule has 2 aromatic carbocycles. The second kappa shape index (κ2) is 5.72. The summed E-state index contributed by atoms with van der Waals surface area (Å²) in [6.07, 6.45) is 0. The molecule has 0 spiro atoms. The van der Waals surface area contributed by atoms with Gasteiger partial charge in [-0.3, -0.25) is 19.1 Å². The van der Waals surface area contributed by atoms with E-state index in [0.717, 1.165) is 4.90 Å². The summed E-state index contributed by atoms with van der Waals surface area (Å²) in [6.45, 7) is 0. The van der Waals surface area contributed by atoms with E-state index in [1.54, 1.807) is 43.4 Å². The van der Waals surface area contributed by atoms with E-state index < -0.39 is 23.1 Å². The molecule has 0 radical (unpaired) electrons. The second-order valence-corrected chi connectivity index (χ2v) is 8.67. The summed E-state index contributed by atoms with van der Waals surface area (Å²) >= 11 is 6.26. The predicted molar refractivity (Wildman–Crippen MR) is 117 cm³/mol. The zero-order valence-electron chi connectivity index (χ0n) is 17.4. The molecule has 1 fully saturated rings. The van der Waals surface area contributed by atoms with Gasteiger partial charge in [0.1, 0.15) is 5.69 Å². The molecule has 162 valence electrons. The second-order valence-electron chi connectivity index (χ2n) is 8.23. The Morgan fingerprint density at radius 2 is 1.66 bits per heavy atom. The van der Waals surface area contributed by atoms with E-state index in [1.807, 2.05) is 10.6 Å². The molecule has 6 rings (SSSR count). The zero-order valence-corrected chi connectivity index (χ0v) is 18.1. The smallest absolute Gasteiger partial charge is 0.286 e. The molecule has 4 aromatic rings. The van der Waals surface area contributed by atoms with Crippen molar-refractivity contribution < 1.29 is 24.5 Å². The number of para-hydroxylation sites is 1. The highest BCUT2D eigenvalue weighted by Gasteiger charge is 2.74. The highest BCUT2D eigenvalue weighted by atomic mass is 35.5. The van der Waals surface area contributed by atoms with Gasteiger partial charge in [0.2, 0.25) is 5.60 Å². The highest BCUT2D eigenvalue weighted by Crippen LogP contribution is 2.59. The average molecular weight is 452 g/mol. The van der Waals surface area contributed by atoms with Crippen molar-refractivity contribution in [1.82, 2.24) is 14.0 Å². The van der Waals surface area contributed by atoms with E-state index in [9.17, 15) is 19.8 Å². The summed E-state index contributed by atoms with van der Waals surface area (Å²) in [5.74, 6) is -1.43. The third kappa shape index (κ3) is 1.77. The summed E-state index contributed by atoms with van der Waals surface area (Å²) in [5.41, 5.74) is -3.10. The molecule has 2 aliphatic heterocycles. The number of ether oxygens (including phenoxy) is 1. The van der Waals surface area contributed by atoms with Crippen molar-refractivity contribution in [2.24, 2.45) is 7.05 Å². The van der Waals surface area contributed by atoms with Crippen molar-refractivity contribution in [3.63, 3.8) is 0 Å². The lowest BCUT2D eigenvalue weighted by molar-refractivity contribution is -0.193. The summed E-state index contributed by atoms with van der Waals surface area (Å²) in [6, 6.07) is 12.2. The molecule has 0 aliphatic carbocycles. The minimum absolute atomic E-state index is 0.122. The van der Waals surface area contributed by atoms with Crippen LogP contribution in [-0.4, -0.2) is 50.2 Å². The number of likely N-dealkylation sites (tertiary alicyclic amines) is 1. The predicted octanol–water partition coefficient (Wildman–Crippen LogP) is 2.31. The largest absolute Gasteiger partial charge is 0.494 e. The van der Waals surface area contributed by atoms with Crippen LogP contribution in [-0.2, 0) is 28.0 Å². The minimum Gasteiger partial charge on any atom is -0.494 e. The normalized spacial score (nSPS) is 24.2. The Morgan fingerprint density at radius 1 is 0.938 bits per heavy atom. The van der Waals surface area contributed by atoms with Gasteiger partial charge < -0.3 is 19.5 Å². The van der Waals surface area contributed by atoms with Crippen molar-refractivity contribution in [2.45, 2.75) is 11.3 Å². The number of carbonyl (C=O) groups excluding carboxylic acids is 2. The van der Waals surface area contributed by atoms with Gasteiger partial charge in [0, 0.05) is 41.0 Å². The quantitative estimate of drug-likeness (QED) is 0.433. The Hall–Kier alpha value is -3.33. The van der Waals surface area contributed by atoms with Crippen LogP contribution in [0.2, 0.25) is 5.02 Å². The first-order valence-electron chi connectivity index (χ1n) is 9.93. The van der Waals surface area contributed by atoms with Crippen LogP contribution in [0.5, 0.6) is 5.75 Å². The highest BCUT2D eigenvalue weighted by molar-refractivity contribution is 6.31. The Morgan fingerprint density at radius 3 is 2.38 bits per heavy atom. The number of benzene rings is 2. The van der Waals surface area contributed by atoms with E-state index in [1.165, 1.54) is 18.7 Å². The van der Waals surface area contributed by atoms with Crippen molar-refractivity contribution in [2.75, 3.05) is 14.2 Å². The Labute approximate surface area is 186 Å². The van der Waals surface area contributed by atoms with Crippen molar-refractivity contribution >= 4 is 45.2 Å². The third-order valence-electron chi connectivity index (χ3n) is 6.83. The minimum atomic E-state index is -2.62. The van der Waals surface area contributed by atoms with Crippen LogP contribution in [0, 0.1) is 0 Å². The summed E-state index contributed by atoms with van der Waals surface area (Å²) in [5, 5.41) is 25.6. The molecule has 2 aliphatic rings. The van der Waals surface area contributed by atoms with Gasteiger partial charge in [-0.15, -0.1) is 0 Å².